The van der Waals surface area contributed by atoms with Crippen molar-refractivity contribution in [1.29, 1.82) is 0 Å². The molecule has 1 amide bonds. The first-order chi connectivity index (χ1) is 16.6. The largest absolute Gasteiger partial charge is 0.429 e. The highest BCUT2D eigenvalue weighted by molar-refractivity contribution is 5.93. The minimum Gasteiger partial charge on any atom is -0.429 e. The molecule has 0 saturated carbocycles. The van der Waals surface area contributed by atoms with Crippen LogP contribution in [-0.4, -0.2) is 46.9 Å². The molecule has 1 aliphatic heterocycles. The van der Waals surface area contributed by atoms with Gasteiger partial charge in [-0.2, -0.15) is 5.10 Å². The predicted octanol–water partition coefficient (Wildman–Crippen LogP) is 3.83. The van der Waals surface area contributed by atoms with Crippen LogP contribution in [0.25, 0.3) is 17.1 Å². The molecule has 0 aliphatic carbocycles. The second-order valence-corrected chi connectivity index (χ2v) is 7.81. The van der Waals surface area contributed by atoms with Gasteiger partial charge in [-0.1, -0.05) is 12.1 Å². The average molecular weight is 461 g/mol. The van der Waals surface area contributed by atoms with Crippen molar-refractivity contribution in [3.8, 4) is 11.6 Å². The normalized spacial score (nSPS) is 15.7. The Bertz CT molecular complexity index is 1460. The Morgan fingerprint density at radius 2 is 2.06 bits per heavy atom. The molecule has 1 atom stereocenters. The number of nitrogens with one attached hydrogen (secondary N) is 1. The highest BCUT2D eigenvalue weighted by atomic mass is 19.3. The number of pyridine rings is 2. The quantitative estimate of drug-likeness (QED) is 0.436. The van der Waals surface area contributed by atoms with Gasteiger partial charge in [0.25, 0.3) is 12.3 Å². The molecule has 0 aromatic carbocycles. The van der Waals surface area contributed by atoms with E-state index >= 15 is 0 Å². The monoisotopic (exact) mass is 461 g/mol. The number of H-pyrrole nitrogens is 1. The molecule has 5 aromatic heterocycles. The topological polar surface area (TPSA) is 105 Å². The van der Waals surface area contributed by atoms with Crippen LogP contribution in [0.3, 0.4) is 0 Å². The summed E-state index contributed by atoms with van der Waals surface area (Å²) in [5.41, 5.74) is 2.42. The maximum Gasteiger partial charge on any atom is 0.292 e. The Morgan fingerprint density at radius 1 is 1.18 bits per heavy atom. The van der Waals surface area contributed by atoms with Crippen LogP contribution in [0.15, 0.2) is 65.6 Å². The zero-order valence-corrected chi connectivity index (χ0v) is 17.6. The van der Waals surface area contributed by atoms with Crippen molar-refractivity contribution in [3.05, 3.63) is 89.7 Å². The molecule has 9 nitrogen and oxygen atoms in total. The number of carbonyl (C=O) groups excluding carboxylic acids is 1. The van der Waals surface area contributed by atoms with Gasteiger partial charge < -0.3 is 14.3 Å². The number of aromatic nitrogens is 6. The number of hydrogen-bond acceptors (Lipinski definition) is 6. The highest BCUT2D eigenvalue weighted by Gasteiger charge is 2.39. The Hall–Kier alpha value is -4.41. The molecule has 0 saturated heterocycles. The number of amides is 1. The van der Waals surface area contributed by atoms with Crippen molar-refractivity contribution in [2.24, 2.45) is 0 Å². The fraction of sp³-hybridized carbons (Fsp3) is 0.174. The van der Waals surface area contributed by atoms with Gasteiger partial charge in [-0.15, -0.1) is 0 Å². The van der Waals surface area contributed by atoms with Crippen molar-refractivity contribution < 1.29 is 18.0 Å². The predicted molar refractivity (Wildman–Crippen MR) is 115 cm³/mol. The number of oxazole rings is 1. The van der Waals surface area contributed by atoms with E-state index in [2.05, 4.69) is 25.0 Å². The van der Waals surface area contributed by atoms with Crippen molar-refractivity contribution in [2.45, 2.75) is 18.9 Å². The second-order valence-electron chi connectivity index (χ2n) is 7.81. The van der Waals surface area contributed by atoms with Crippen LogP contribution in [0.4, 0.5) is 8.78 Å². The lowest BCUT2D eigenvalue weighted by atomic mass is 9.99. The van der Waals surface area contributed by atoms with Crippen LogP contribution in [0.1, 0.15) is 45.8 Å². The van der Waals surface area contributed by atoms with E-state index in [0.29, 0.717) is 17.8 Å². The molecule has 0 bridgehead atoms. The Labute approximate surface area is 191 Å². The Balaban J connectivity index is 1.45. The number of rotatable bonds is 4. The molecule has 6 heterocycles. The van der Waals surface area contributed by atoms with E-state index in [9.17, 15) is 13.6 Å². The molecule has 34 heavy (non-hydrogen) atoms. The zero-order chi connectivity index (χ0) is 23.2. The maximum atomic E-state index is 13.9. The van der Waals surface area contributed by atoms with Crippen molar-refractivity contribution in [1.82, 2.24) is 34.4 Å². The van der Waals surface area contributed by atoms with Crippen molar-refractivity contribution >= 4 is 11.4 Å². The van der Waals surface area contributed by atoms with Crippen molar-refractivity contribution in [3.63, 3.8) is 0 Å². The average Bonchev–Trinajstić information content (AvgIpc) is 3.61. The third-order valence-corrected chi connectivity index (χ3v) is 5.79. The van der Waals surface area contributed by atoms with Gasteiger partial charge in [0.1, 0.15) is 11.7 Å². The summed E-state index contributed by atoms with van der Waals surface area (Å²) < 4.78 is 35.1. The molecule has 6 rings (SSSR count). The maximum absolute atomic E-state index is 13.9. The molecular weight excluding hydrogens is 444 g/mol. The standard InChI is InChI=1S/C23H17F2N7O2/c24-21(25)18-20(34-22(29-18)15-6-1-3-8-26-15)23(33)31-10-7-14-17(28-12-27-14)19(31)16-11-13-5-2-4-9-32(13)30-16/h1-6,8-9,11-12,19,21H,7,10H2,(H,27,28)/t19-/m1/s1. The van der Waals surface area contributed by atoms with E-state index in [1.165, 1.54) is 11.1 Å². The third-order valence-electron chi connectivity index (χ3n) is 5.79. The highest BCUT2D eigenvalue weighted by Crippen LogP contribution is 2.36. The Kier molecular flexibility index (Phi) is 4.68. The zero-order valence-electron chi connectivity index (χ0n) is 17.6. The van der Waals surface area contributed by atoms with E-state index in [1.54, 1.807) is 35.2 Å². The third kappa shape index (κ3) is 3.24. The van der Waals surface area contributed by atoms with Crippen LogP contribution >= 0.6 is 0 Å². The summed E-state index contributed by atoms with van der Waals surface area (Å²) >= 11 is 0. The number of carbonyl (C=O) groups is 1. The summed E-state index contributed by atoms with van der Waals surface area (Å²) in [6.07, 6.45) is 2.32. The van der Waals surface area contributed by atoms with Gasteiger partial charge in [-0.05, 0) is 30.3 Å². The SMILES string of the molecule is O=C(c1oc(-c2ccccn2)nc1C(F)F)N1CCc2[nH]cnc2[C@H]1c1cc2ccccn2n1. The van der Waals surface area contributed by atoms with Crippen LogP contribution in [0.2, 0.25) is 0 Å². The van der Waals surface area contributed by atoms with Gasteiger partial charge >= 0.3 is 0 Å². The smallest absolute Gasteiger partial charge is 0.292 e. The molecule has 11 heteroatoms. The summed E-state index contributed by atoms with van der Waals surface area (Å²) in [7, 11) is 0. The molecule has 0 unspecified atom stereocenters. The molecule has 1 N–H and O–H groups in total. The van der Waals surface area contributed by atoms with E-state index in [1.807, 2.05) is 24.3 Å². The van der Waals surface area contributed by atoms with Crippen molar-refractivity contribution in [2.75, 3.05) is 6.54 Å². The molecule has 0 spiro atoms. The second kappa shape index (κ2) is 7.87. The molecule has 5 aromatic rings. The van der Waals surface area contributed by atoms with Gasteiger partial charge in [0.15, 0.2) is 5.69 Å². The van der Waals surface area contributed by atoms with Gasteiger partial charge in [-0.25, -0.2) is 23.3 Å². The van der Waals surface area contributed by atoms with Crippen LogP contribution in [0, 0.1) is 0 Å². The summed E-state index contributed by atoms with van der Waals surface area (Å²) in [6, 6.07) is 11.7. The summed E-state index contributed by atoms with van der Waals surface area (Å²) in [5.74, 6) is -1.36. The minimum absolute atomic E-state index is 0.138. The molecule has 170 valence electrons. The van der Waals surface area contributed by atoms with Gasteiger partial charge in [-0.3, -0.25) is 9.78 Å². The van der Waals surface area contributed by atoms with Gasteiger partial charge in [0.05, 0.1) is 23.2 Å². The number of halogens is 2. The number of fused-ring (bicyclic) bond motifs is 2. The van der Waals surface area contributed by atoms with E-state index in [0.717, 1.165) is 11.2 Å². The summed E-state index contributed by atoms with van der Waals surface area (Å²) in [5, 5.41) is 4.62. The van der Waals surface area contributed by atoms with E-state index in [4.69, 9.17) is 4.42 Å². The number of nitrogens with zero attached hydrogens (tertiary/aromatic N) is 6. The van der Waals surface area contributed by atoms with Crippen LogP contribution < -0.4 is 0 Å². The number of aromatic amines is 1. The first-order valence-electron chi connectivity index (χ1n) is 10.6. The van der Waals surface area contributed by atoms with Gasteiger partial charge in [0, 0.05) is 31.1 Å². The fourth-order valence-corrected chi connectivity index (χ4v) is 4.25. The first kappa shape index (κ1) is 20.2. The Morgan fingerprint density at radius 3 is 2.85 bits per heavy atom. The van der Waals surface area contributed by atoms with Crippen LogP contribution in [0.5, 0.6) is 0 Å². The number of imidazole rings is 1. The summed E-state index contributed by atoms with van der Waals surface area (Å²) in [6.45, 7) is 0.259. The first-order valence-corrected chi connectivity index (χ1v) is 10.6. The fourth-order valence-electron chi connectivity index (χ4n) is 4.25. The van der Waals surface area contributed by atoms with Gasteiger partial charge in [0.2, 0.25) is 11.7 Å². The van der Waals surface area contributed by atoms with E-state index in [-0.39, 0.29) is 18.1 Å². The van der Waals surface area contributed by atoms with E-state index < -0.39 is 29.8 Å². The summed E-state index contributed by atoms with van der Waals surface area (Å²) in [4.78, 5) is 30.6. The molecule has 1 aliphatic rings. The lowest BCUT2D eigenvalue weighted by Crippen LogP contribution is -2.41. The molecule has 0 fully saturated rings. The minimum atomic E-state index is -3.00. The lowest BCUT2D eigenvalue weighted by Gasteiger charge is -2.33. The molecular formula is C23H17F2N7O2. The number of hydrogen-bond donors (Lipinski definition) is 1. The molecule has 0 radical (unpaired) electrons. The van der Waals surface area contributed by atoms with Crippen LogP contribution in [-0.2, 0) is 6.42 Å². The number of alkyl halides is 2. The lowest BCUT2D eigenvalue weighted by molar-refractivity contribution is 0.0640.